The SMILES string of the molecule is C=CCOC[C@H]1OC(O[C@H]2[C@H](O)[C@@H](OCCC[Si](O[Si](C)(O)O)(O[Si](C)(O)O)O[Si](C)(O)O[Si](O)(O)CC(=C)C)[C@H](C)O[C@@H]2COCCC[Si](O[Si](C)(O)O)(O[Si](C)(O)O)O[Si](C)(O)O)[C@H](OCC=C)[C@@H](O)[C@@H]1OC. The van der Waals surface area contributed by atoms with Gasteiger partial charge < -0.3 is 139 Å². The smallest absolute Gasteiger partial charge is 0.391 e. The average molecular weight is 1250 g/mol. The lowest BCUT2D eigenvalue weighted by Crippen LogP contribution is -2.66. The minimum absolute atomic E-state index is 0.103. The van der Waals surface area contributed by atoms with Crippen LogP contribution in [0.15, 0.2) is 37.5 Å². The molecule has 0 spiro atoms. The van der Waals surface area contributed by atoms with Crippen LogP contribution < -0.4 is 0 Å². The molecule has 0 amide bonds. The van der Waals surface area contributed by atoms with Gasteiger partial charge in [0.25, 0.3) is 0 Å². The molecule has 11 atom stereocenters. The van der Waals surface area contributed by atoms with Crippen LogP contribution in [0.25, 0.3) is 0 Å². The predicted molar refractivity (Wildman–Crippen MR) is 274 cm³/mol. The van der Waals surface area contributed by atoms with Gasteiger partial charge in [-0.3, -0.25) is 0 Å². The monoisotopic (exact) mass is 1250 g/mol. The number of hydrogen-bond donors (Lipinski definition) is 15. The van der Waals surface area contributed by atoms with E-state index in [2.05, 4.69) is 19.7 Å². The minimum atomic E-state index is -4.94. The Morgan fingerprint density at radius 2 is 0.987 bits per heavy atom. The Labute approximate surface area is 446 Å². The fourth-order valence-electron chi connectivity index (χ4n) is 7.90. The van der Waals surface area contributed by atoms with Crippen molar-refractivity contribution in [3.8, 4) is 0 Å². The van der Waals surface area contributed by atoms with Crippen LogP contribution in [0.2, 0.25) is 57.4 Å². The number of rotatable bonds is 37. The molecule has 75 heavy (non-hydrogen) atoms. The van der Waals surface area contributed by atoms with Crippen LogP contribution in [0.4, 0.5) is 0 Å². The fourth-order valence-corrected chi connectivity index (χ4v) is 32.9. The van der Waals surface area contributed by atoms with Crippen molar-refractivity contribution in [1.29, 1.82) is 0 Å². The third-order valence-electron chi connectivity index (χ3n) is 9.96. The van der Waals surface area contributed by atoms with Gasteiger partial charge in [0, 0.05) is 77.7 Å². The lowest BCUT2D eigenvalue weighted by molar-refractivity contribution is -0.350. The molecule has 0 saturated carbocycles. The average Bonchev–Trinajstić information content (AvgIpc) is 3.17. The van der Waals surface area contributed by atoms with E-state index in [1.807, 2.05) is 0 Å². The number of methoxy groups -OCH3 is 1. The molecule has 2 unspecified atom stereocenters. The zero-order valence-corrected chi connectivity index (χ0v) is 52.7. The summed E-state index contributed by atoms with van der Waals surface area (Å²) in [7, 11) is -41.2. The molecular weight excluding hydrogens is 1170 g/mol. The van der Waals surface area contributed by atoms with Gasteiger partial charge in [-0.1, -0.05) is 17.7 Å². The van der Waals surface area contributed by atoms with E-state index in [-0.39, 0.29) is 58.1 Å². The van der Waals surface area contributed by atoms with E-state index < -0.39 is 159 Å². The summed E-state index contributed by atoms with van der Waals surface area (Å²) in [5, 5.41) is 23.8. The molecule has 0 bridgehead atoms. The van der Waals surface area contributed by atoms with Crippen molar-refractivity contribution in [3.05, 3.63) is 37.5 Å². The van der Waals surface area contributed by atoms with E-state index >= 15 is 0 Å². The number of ether oxygens (including phenoxy) is 8. The third kappa shape index (κ3) is 27.1. The second-order valence-electron chi connectivity index (χ2n) is 18.8. The van der Waals surface area contributed by atoms with Crippen LogP contribution in [0.1, 0.15) is 26.7 Å². The molecule has 15 N–H and O–H groups in total. The number of aliphatic hydroxyl groups is 2. The Kier molecular flexibility index (Phi) is 28.2. The lowest BCUT2D eigenvalue weighted by atomic mass is 9.94. The molecule has 2 rings (SSSR count). The number of hydrogen-bond acceptors (Lipinski definition) is 30. The minimum Gasteiger partial charge on any atom is -0.391 e. The summed E-state index contributed by atoms with van der Waals surface area (Å²) in [6.45, 7) is 18.1. The maximum Gasteiger partial charge on any atom is 0.492 e. The predicted octanol–water partition coefficient (Wildman–Crippen LogP) is -4.60. The molecule has 2 aliphatic heterocycles. The van der Waals surface area contributed by atoms with E-state index in [4.69, 9.17) is 66.7 Å². The second-order valence-corrected chi connectivity index (χ2v) is 41.2. The highest BCUT2D eigenvalue weighted by Crippen LogP contribution is 2.35. The van der Waals surface area contributed by atoms with Crippen LogP contribution in [-0.2, 0) is 66.7 Å². The Hall–Kier alpha value is -0.0281. The van der Waals surface area contributed by atoms with Crippen molar-refractivity contribution in [1.82, 2.24) is 0 Å². The molecular formula is C36H82O30Si9. The van der Waals surface area contributed by atoms with Gasteiger partial charge in [-0.15, -0.1) is 19.7 Å². The molecule has 0 aromatic heterocycles. The Morgan fingerprint density at radius 1 is 0.547 bits per heavy atom. The Bertz CT molecular complexity index is 1670. The van der Waals surface area contributed by atoms with Crippen molar-refractivity contribution < 1.29 is 139 Å². The maximum atomic E-state index is 12.2. The van der Waals surface area contributed by atoms with Gasteiger partial charge in [0.2, 0.25) is 0 Å². The van der Waals surface area contributed by atoms with Gasteiger partial charge >= 0.3 is 79.2 Å². The summed E-state index contributed by atoms with van der Waals surface area (Å²) in [5.74, 6) is 0. The third-order valence-corrected chi connectivity index (χ3v) is 32.5. The molecule has 0 radical (unpaired) electrons. The first kappa shape index (κ1) is 71.1. The summed E-state index contributed by atoms with van der Waals surface area (Å²) < 4.78 is 86.2. The number of allylic oxidation sites excluding steroid dienone is 1. The molecule has 0 aromatic carbocycles. The first-order chi connectivity index (χ1) is 34.1. The first-order valence-electron chi connectivity index (χ1n) is 23.5. The van der Waals surface area contributed by atoms with Gasteiger partial charge in [0.05, 0.1) is 32.5 Å². The Balaban J connectivity index is 2.55. The summed E-state index contributed by atoms with van der Waals surface area (Å²) in [4.78, 5) is 136. The van der Waals surface area contributed by atoms with Crippen LogP contribution in [-0.4, -0.2) is 260 Å². The summed E-state index contributed by atoms with van der Waals surface area (Å²) >= 11 is 0. The van der Waals surface area contributed by atoms with Crippen LogP contribution in [0, 0.1) is 0 Å². The molecule has 2 heterocycles. The highest BCUT2D eigenvalue weighted by atomic mass is 28.5. The van der Waals surface area contributed by atoms with Gasteiger partial charge in [0.1, 0.15) is 48.8 Å². The van der Waals surface area contributed by atoms with E-state index in [1.54, 1.807) is 0 Å². The normalized spacial score (nSPS) is 26.8. The standard InChI is InChI=1S/C36H82O30Si9/c1-13-17-53-23-28-33(52-6)31(38)35(55-18-14-2)36(58-28)59-34-29(24-54-19-15-21-74(60-67(7,39)40,61-68(8,41)42)62-69(9,43)44)57-27(5)32(30(34)37)56-20-16-22-75(63-70(10,45)46,64-71(11,47)48)66-72(12,49)65-73(50,51)25-26(3)4/h13-14,27-51H,1-3,15-25H2,4-12H3/t27-,28+,29+,30+,31-,32-,33+,34+,35+,36?,72?/m0/s1. The Morgan fingerprint density at radius 3 is 1.44 bits per heavy atom. The molecule has 30 nitrogen and oxygen atoms in total. The molecule has 2 saturated heterocycles. The molecule has 2 aliphatic rings. The van der Waals surface area contributed by atoms with E-state index in [1.165, 1.54) is 33.1 Å². The number of aliphatic hydroxyl groups excluding tert-OH is 2. The fraction of sp³-hybridized carbons (Fsp3) is 0.833. The van der Waals surface area contributed by atoms with E-state index in [9.17, 15) is 72.6 Å². The second kappa shape index (κ2) is 29.8. The van der Waals surface area contributed by atoms with Crippen molar-refractivity contribution in [3.63, 3.8) is 0 Å². The van der Waals surface area contributed by atoms with Crippen LogP contribution >= 0.6 is 0 Å². The van der Waals surface area contributed by atoms with Gasteiger partial charge in [0.15, 0.2) is 6.29 Å². The van der Waals surface area contributed by atoms with Gasteiger partial charge in [-0.2, -0.15) is 0 Å². The highest BCUT2D eigenvalue weighted by molar-refractivity contribution is 6.85. The van der Waals surface area contributed by atoms with Crippen molar-refractivity contribution in [2.75, 3.05) is 46.8 Å². The van der Waals surface area contributed by atoms with Crippen molar-refractivity contribution in [2.45, 2.75) is 145 Å². The first-order valence-corrected chi connectivity index (χ1v) is 43.2. The molecule has 0 aliphatic carbocycles. The molecule has 442 valence electrons. The zero-order chi connectivity index (χ0) is 57.6. The molecule has 39 heteroatoms. The van der Waals surface area contributed by atoms with Crippen LogP contribution in [0.3, 0.4) is 0 Å². The van der Waals surface area contributed by atoms with Crippen molar-refractivity contribution >= 4 is 79.2 Å². The summed E-state index contributed by atoms with van der Waals surface area (Å²) in [5.41, 5.74) is 0.279. The maximum absolute atomic E-state index is 12.2. The van der Waals surface area contributed by atoms with Crippen LogP contribution in [0.5, 0.6) is 0 Å². The van der Waals surface area contributed by atoms with Crippen molar-refractivity contribution in [2.24, 2.45) is 0 Å². The quantitative estimate of drug-likeness (QED) is 0.0158. The topological polar surface area (TPSA) is 442 Å². The molecule has 0 aromatic rings. The van der Waals surface area contributed by atoms with E-state index in [0.29, 0.717) is 0 Å². The largest absolute Gasteiger partial charge is 0.492 e. The zero-order valence-electron chi connectivity index (χ0n) is 43.7. The summed E-state index contributed by atoms with van der Waals surface area (Å²) in [6.07, 6.45) is -10.4. The molecule has 2 fully saturated rings. The highest BCUT2D eigenvalue weighted by Gasteiger charge is 2.60. The summed E-state index contributed by atoms with van der Waals surface area (Å²) in [6, 6.07) is -1.47. The van der Waals surface area contributed by atoms with Gasteiger partial charge in [-0.05, 0) is 26.7 Å². The van der Waals surface area contributed by atoms with E-state index in [0.717, 1.165) is 39.3 Å². The van der Waals surface area contributed by atoms with Gasteiger partial charge in [-0.25, -0.2) is 0 Å². The lowest BCUT2D eigenvalue weighted by Gasteiger charge is -2.48.